The van der Waals surface area contributed by atoms with Crippen LogP contribution in [0.5, 0.6) is 5.75 Å². The van der Waals surface area contributed by atoms with Gasteiger partial charge in [-0.15, -0.1) is 0 Å². The molecule has 0 saturated carbocycles. The standard InChI is InChI=1S/C21H23N3O2/c1-16-14-20(17(2)24(16)15-18-8-6-7-11-22-18)21(25)23-12-13-26-19-9-4-3-5-10-19/h3-11,14H,12-13,15H2,1-2H3,(H,23,25). The number of carbonyl (C=O) groups is 1. The Balaban J connectivity index is 1.58. The molecule has 0 aliphatic carbocycles. The molecule has 0 radical (unpaired) electrons. The van der Waals surface area contributed by atoms with Crippen molar-refractivity contribution >= 4 is 5.91 Å². The van der Waals surface area contributed by atoms with Gasteiger partial charge in [0.15, 0.2) is 0 Å². The van der Waals surface area contributed by atoms with E-state index in [0.717, 1.165) is 22.8 Å². The van der Waals surface area contributed by atoms with E-state index in [2.05, 4.69) is 14.9 Å². The number of pyridine rings is 1. The summed E-state index contributed by atoms with van der Waals surface area (Å²) >= 11 is 0. The highest BCUT2D eigenvalue weighted by Crippen LogP contribution is 2.16. The van der Waals surface area contributed by atoms with Crippen molar-refractivity contribution in [3.05, 3.63) is 83.4 Å². The Labute approximate surface area is 153 Å². The van der Waals surface area contributed by atoms with Crippen molar-refractivity contribution in [2.45, 2.75) is 20.4 Å². The van der Waals surface area contributed by atoms with Crippen LogP contribution in [0.4, 0.5) is 0 Å². The van der Waals surface area contributed by atoms with Crippen molar-refractivity contribution in [2.24, 2.45) is 0 Å². The number of hydrogen-bond donors (Lipinski definition) is 1. The first-order valence-electron chi connectivity index (χ1n) is 8.68. The molecule has 1 aromatic carbocycles. The third kappa shape index (κ3) is 4.30. The number of nitrogens with one attached hydrogen (secondary N) is 1. The summed E-state index contributed by atoms with van der Waals surface area (Å²) in [6, 6.07) is 17.3. The van der Waals surface area contributed by atoms with E-state index >= 15 is 0 Å². The lowest BCUT2D eigenvalue weighted by Gasteiger charge is -2.10. The van der Waals surface area contributed by atoms with Gasteiger partial charge in [0.1, 0.15) is 12.4 Å². The Bertz CT molecular complexity index is 858. The second kappa shape index (κ2) is 8.34. The van der Waals surface area contributed by atoms with Crippen molar-refractivity contribution in [2.75, 3.05) is 13.2 Å². The maximum Gasteiger partial charge on any atom is 0.253 e. The topological polar surface area (TPSA) is 56.1 Å². The molecule has 5 heteroatoms. The zero-order valence-electron chi connectivity index (χ0n) is 15.1. The van der Waals surface area contributed by atoms with E-state index in [1.165, 1.54) is 0 Å². The summed E-state index contributed by atoms with van der Waals surface area (Å²) in [5.41, 5.74) is 3.64. The normalized spacial score (nSPS) is 10.5. The number of para-hydroxylation sites is 1. The van der Waals surface area contributed by atoms with Crippen molar-refractivity contribution < 1.29 is 9.53 Å². The van der Waals surface area contributed by atoms with E-state index < -0.39 is 0 Å². The molecule has 134 valence electrons. The van der Waals surface area contributed by atoms with Gasteiger partial charge in [-0.2, -0.15) is 0 Å². The molecule has 0 spiro atoms. The minimum atomic E-state index is -0.0815. The molecule has 0 unspecified atom stereocenters. The van der Waals surface area contributed by atoms with Crippen LogP contribution in [0.25, 0.3) is 0 Å². The number of hydrogen-bond acceptors (Lipinski definition) is 3. The third-order valence-electron chi connectivity index (χ3n) is 4.26. The van der Waals surface area contributed by atoms with Crippen LogP contribution in [-0.2, 0) is 6.54 Å². The molecular weight excluding hydrogens is 326 g/mol. The molecule has 0 fully saturated rings. The molecule has 5 nitrogen and oxygen atoms in total. The number of nitrogens with zero attached hydrogens (tertiary/aromatic N) is 2. The van der Waals surface area contributed by atoms with Crippen LogP contribution in [0, 0.1) is 13.8 Å². The van der Waals surface area contributed by atoms with Crippen LogP contribution in [-0.4, -0.2) is 28.6 Å². The molecule has 1 N–H and O–H groups in total. The maximum atomic E-state index is 12.5. The average molecular weight is 349 g/mol. The first-order valence-corrected chi connectivity index (χ1v) is 8.68. The van der Waals surface area contributed by atoms with Gasteiger partial charge in [0, 0.05) is 17.6 Å². The predicted octanol–water partition coefficient (Wildman–Crippen LogP) is 3.36. The summed E-state index contributed by atoms with van der Waals surface area (Å²) in [6.45, 7) is 5.51. The Morgan fingerprint density at radius 3 is 2.62 bits per heavy atom. The van der Waals surface area contributed by atoms with E-state index in [1.54, 1.807) is 6.20 Å². The maximum absolute atomic E-state index is 12.5. The molecule has 0 aliphatic rings. The van der Waals surface area contributed by atoms with Gasteiger partial charge in [-0.25, -0.2) is 0 Å². The highest BCUT2D eigenvalue weighted by atomic mass is 16.5. The minimum Gasteiger partial charge on any atom is -0.492 e. The fourth-order valence-electron chi connectivity index (χ4n) is 2.87. The first kappa shape index (κ1) is 17.7. The van der Waals surface area contributed by atoms with Crippen LogP contribution < -0.4 is 10.1 Å². The Morgan fingerprint density at radius 2 is 1.88 bits per heavy atom. The second-order valence-electron chi connectivity index (χ2n) is 6.11. The summed E-state index contributed by atoms with van der Waals surface area (Å²) < 4.78 is 7.71. The van der Waals surface area contributed by atoms with Gasteiger partial charge in [-0.1, -0.05) is 24.3 Å². The SMILES string of the molecule is Cc1cc(C(=O)NCCOc2ccccc2)c(C)n1Cc1ccccn1. The zero-order chi connectivity index (χ0) is 18.4. The fourth-order valence-corrected chi connectivity index (χ4v) is 2.87. The summed E-state index contributed by atoms with van der Waals surface area (Å²) in [6.07, 6.45) is 1.78. The van der Waals surface area contributed by atoms with Crippen molar-refractivity contribution in [3.63, 3.8) is 0 Å². The number of ether oxygens (including phenoxy) is 1. The monoisotopic (exact) mass is 349 g/mol. The third-order valence-corrected chi connectivity index (χ3v) is 4.26. The average Bonchev–Trinajstić information content (AvgIpc) is 2.95. The van der Waals surface area contributed by atoms with Gasteiger partial charge >= 0.3 is 0 Å². The molecule has 1 amide bonds. The van der Waals surface area contributed by atoms with E-state index in [4.69, 9.17) is 4.74 Å². The van der Waals surface area contributed by atoms with Crippen molar-refractivity contribution in [1.82, 2.24) is 14.9 Å². The largest absolute Gasteiger partial charge is 0.492 e. The van der Waals surface area contributed by atoms with E-state index in [1.807, 2.05) is 68.4 Å². The van der Waals surface area contributed by atoms with E-state index in [9.17, 15) is 4.79 Å². The first-order chi connectivity index (χ1) is 12.6. The smallest absolute Gasteiger partial charge is 0.253 e. The van der Waals surface area contributed by atoms with Gasteiger partial charge in [0.05, 0.1) is 24.3 Å². The molecule has 0 aliphatic heterocycles. The molecule has 0 atom stereocenters. The van der Waals surface area contributed by atoms with Crippen molar-refractivity contribution in [1.29, 1.82) is 0 Å². The molecule has 2 aromatic heterocycles. The van der Waals surface area contributed by atoms with Gasteiger partial charge in [-0.3, -0.25) is 9.78 Å². The number of rotatable bonds is 7. The molecule has 2 heterocycles. The lowest BCUT2D eigenvalue weighted by molar-refractivity contribution is 0.0946. The summed E-state index contributed by atoms with van der Waals surface area (Å²) in [5.74, 6) is 0.720. The molecule has 0 bridgehead atoms. The Kier molecular flexibility index (Phi) is 5.69. The zero-order valence-corrected chi connectivity index (χ0v) is 15.1. The van der Waals surface area contributed by atoms with Gasteiger partial charge in [0.2, 0.25) is 0 Å². The highest BCUT2D eigenvalue weighted by molar-refractivity contribution is 5.95. The number of benzene rings is 1. The number of aromatic nitrogens is 2. The van der Waals surface area contributed by atoms with E-state index in [-0.39, 0.29) is 5.91 Å². The number of aryl methyl sites for hydroxylation is 1. The summed E-state index contributed by atoms with van der Waals surface area (Å²) in [7, 11) is 0. The van der Waals surface area contributed by atoms with Gasteiger partial charge in [-0.05, 0) is 44.2 Å². The van der Waals surface area contributed by atoms with Crippen LogP contribution in [0.3, 0.4) is 0 Å². The molecule has 26 heavy (non-hydrogen) atoms. The van der Waals surface area contributed by atoms with E-state index in [0.29, 0.717) is 25.3 Å². The van der Waals surface area contributed by atoms with Crippen LogP contribution in [0.2, 0.25) is 0 Å². The number of amides is 1. The Hall–Kier alpha value is -3.08. The summed E-state index contributed by atoms with van der Waals surface area (Å²) in [5, 5.41) is 2.92. The quantitative estimate of drug-likeness (QED) is 0.666. The molecule has 3 aromatic rings. The van der Waals surface area contributed by atoms with Gasteiger partial charge < -0.3 is 14.6 Å². The number of carbonyl (C=O) groups excluding carboxylic acids is 1. The van der Waals surface area contributed by atoms with Crippen molar-refractivity contribution in [3.8, 4) is 5.75 Å². The highest BCUT2D eigenvalue weighted by Gasteiger charge is 2.15. The van der Waals surface area contributed by atoms with Crippen LogP contribution in [0.1, 0.15) is 27.4 Å². The lowest BCUT2D eigenvalue weighted by atomic mass is 10.2. The lowest BCUT2D eigenvalue weighted by Crippen LogP contribution is -2.28. The fraction of sp³-hybridized carbons (Fsp3) is 0.238. The van der Waals surface area contributed by atoms with Gasteiger partial charge in [0.25, 0.3) is 5.91 Å². The molecule has 3 rings (SSSR count). The molecular formula is C21H23N3O2. The summed E-state index contributed by atoms with van der Waals surface area (Å²) in [4.78, 5) is 16.9. The predicted molar refractivity (Wildman–Crippen MR) is 102 cm³/mol. The van der Waals surface area contributed by atoms with Crippen LogP contribution in [0.15, 0.2) is 60.8 Å². The molecule has 0 saturated heterocycles. The van der Waals surface area contributed by atoms with Crippen LogP contribution >= 0.6 is 0 Å². The Morgan fingerprint density at radius 1 is 1.12 bits per heavy atom. The minimum absolute atomic E-state index is 0.0815. The second-order valence-corrected chi connectivity index (χ2v) is 6.11.